The third-order valence-corrected chi connectivity index (χ3v) is 2.14. The zero-order valence-electron chi connectivity index (χ0n) is 12.3. The minimum Gasteiger partial charge on any atom is -0.454 e. The fraction of sp³-hybridized carbons (Fsp3) is 0.538. The first-order valence-corrected chi connectivity index (χ1v) is 6.37. The molecule has 9 heteroatoms. The highest BCUT2D eigenvalue weighted by Gasteiger charge is 2.28. The molecule has 1 rings (SSSR count). The van der Waals surface area contributed by atoms with Crippen LogP contribution in [-0.2, 0) is 11.3 Å². The number of amides is 2. The van der Waals surface area contributed by atoms with E-state index in [-0.39, 0.29) is 18.1 Å². The summed E-state index contributed by atoms with van der Waals surface area (Å²) in [4.78, 5) is 22.8. The van der Waals surface area contributed by atoms with E-state index in [1.54, 1.807) is 26.1 Å². The summed E-state index contributed by atoms with van der Waals surface area (Å²) < 4.78 is 46.0. The fourth-order valence-corrected chi connectivity index (χ4v) is 1.34. The average molecular weight is 322 g/mol. The third-order valence-electron chi connectivity index (χ3n) is 2.14. The average Bonchev–Trinajstić information content (AvgIpc) is 2.79. The van der Waals surface area contributed by atoms with Gasteiger partial charge in [-0.2, -0.15) is 13.2 Å². The van der Waals surface area contributed by atoms with E-state index in [1.807, 2.05) is 0 Å². The lowest BCUT2D eigenvalue weighted by Gasteiger charge is -2.19. The molecule has 0 saturated carbocycles. The first kappa shape index (κ1) is 17.9. The van der Waals surface area contributed by atoms with Crippen LogP contribution < -0.4 is 10.6 Å². The van der Waals surface area contributed by atoms with Crippen molar-refractivity contribution >= 4 is 12.0 Å². The standard InChI is InChI=1S/C13H17F3N2O4/c1-12(2,3)22-11(20)17-6-8-4-5-9(21-8)10(19)18-7-13(14,15)16/h4-5H,6-7H2,1-3H3,(H,17,20)(H,18,19). The Hall–Kier alpha value is -2.19. The molecular formula is C13H17F3N2O4. The molecule has 1 aromatic heterocycles. The molecule has 0 aliphatic rings. The molecule has 1 aromatic rings. The number of carbonyl (C=O) groups is 2. The van der Waals surface area contributed by atoms with E-state index in [0.29, 0.717) is 0 Å². The molecule has 0 spiro atoms. The van der Waals surface area contributed by atoms with Crippen molar-refractivity contribution in [3.63, 3.8) is 0 Å². The Morgan fingerprint density at radius 2 is 1.82 bits per heavy atom. The molecule has 0 fully saturated rings. The van der Waals surface area contributed by atoms with Crippen molar-refractivity contribution in [2.24, 2.45) is 0 Å². The van der Waals surface area contributed by atoms with Crippen LogP contribution in [0.5, 0.6) is 0 Å². The van der Waals surface area contributed by atoms with Crippen LogP contribution in [0.4, 0.5) is 18.0 Å². The number of hydrogen-bond acceptors (Lipinski definition) is 4. The second-order valence-electron chi connectivity index (χ2n) is 5.42. The van der Waals surface area contributed by atoms with Gasteiger partial charge in [-0.25, -0.2) is 4.79 Å². The van der Waals surface area contributed by atoms with Gasteiger partial charge in [0.25, 0.3) is 5.91 Å². The summed E-state index contributed by atoms with van der Waals surface area (Å²) in [5.41, 5.74) is -0.657. The molecule has 0 aromatic carbocycles. The van der Waals surface area contributed by atoms with Gasteiger partial charge in [0.1, 0.15) is 17.9 Å². The largest absolute Gasteiger partial charge is 0.454 e. The predicted octanol–water partition coefficient (Wildman–Crippen LogP) is 2.60. The normalized spacial score (nSPS) is 11.9. The maximum Gasteiger partial charge on any atom is 0.408 e. The quantitative estimate of drug-likeness (QED) is 0.893. The van der Waals surface area contributed by atoms with Gasteiger partial charge in [-0.05, 0) is 32.9 Å². The van der Waals surface area contributed by atoms with E-state index < -0.39 is 30.3 Å². The molecular weight excluding hydrogens is 305 g/mol. The summed E-state index contributed by atoms with van der Waals surface area (Å²) in [6.45, 7) is 3.59. The number of ether oxygens (including phenoxy) is 1. The number of halogens is 3. The molecule has 124 valence electrons. The molecule has 6 nitrogen and oxygen atoms in total. The topological polar surface area (TPSA) is 80.6 Å². The van der Waals surface area contributed by atoms with Crippen molar-refractivity contribution in [3.8, 4) is 0 Å². The van der Waals surface area contributed by atoms with Crippen molar-refractivity contribution in [1.82, 2.24) is 10.6 Å². The van der Waals surface area contributed by atoms with Crippen LogP contribution in [0.3, 0.4) is 0 Å². The van der Waals surface area contributed by atoms with E-state index in [0.717, 1.165) is 0 Å². The first-order valence-electron chi connectivity index (χ1n) is 6.37. The fourth-order valence-electron chi connectivity index (χ4n) is 1.34. The number of hydrogen-bond donors (Lipinski definition) is 2. The molecule has 2 amide bonds. The minimum absolute atomic E-state index is 0.0541. The lowest BCUT2D eigenvalue weighted by Crippen LogP contribution is -2.33. The van der Waals surface area contributed by atoms with Gasteiger partial charge in [0, 0.05) is 0 Å². The van der Waals surface area contributed by atoms with Gasteiger partial charge < -0.3 is 19.8 Å². The van der Waals surface area contributed by atoms with Gasteiger partial charge in [-0.15, -0.1) is 0 Å². The summed E-state index contributed by atoms with van der Waals surface area (Å²) in [6, 6.07) is 2.59. The van der Waals surface area contributed by atoms with Crippen LogP contribution in [0.25, 0.3) is 0 Å². The molecule has 1 heterocycles. The Morgan fingerprint density at radius 3 is 2.36 bits per heavy atom. The van der Waals surface area contributed by atoms with Crippen LogP contribution in [-0.4, -0.2) is 30.3 Å². The van der Waals surface area contributed by atoms with Gasteiger partial charge >= 0.3 is 12.3 Å². The summed E-state index contributed by atoms with van der Waals surface area (Å²) in [5.74, 6) is -1.05. The number of alkyl halides is 3. The zero-order valence-corrected chi connectivity index (χ0v) is 12.3. The maximum absolute atomic E-state index is 12.0. The van der Waals surface area contributed by atoms with Crippen LogP contribution in [0.1, 0.15) is 37.1 Å². The smallest absolute Gasteiger partial charge is 0.408 e. The van der Waals surface area contributed by atoms with Crippen molar-refractivity contribution in [2.45, 2.75) is 39.1 Å². The van der Waals surface area contributed by atoms with Crippen molar-refractivity contribution in [1.29, 1.82) is 0 Å². The molecule has 2 N–H and O–H groups in total. The van der Waals surface area contributed by atoms with Crippen LogP contribution in [0.15, 0.2) is 16.5 Å². The second kappa shape index (κ2) is 6.71. The molecule has 22 heavy (non-hydrogen) atoms. The van der Waals surface area contributed by atoms with Gasteiger partial charge in [0.15, 0.2) is 5.76 Å². The lowest BCUT2D eigenvalue weighted by atomic mass is 10.2. The van der Waals surface area contributed by atoms with Crippen molar-refractivity contribution in [3.05, 3.63) is 23.7 Å². The van der Waals surface area contributed by atoms with Gasteiger partial charge in [0.2, 0.25) is 0 Å². The highest BCUT2D eigenvalue weighted by atomic mass is 19.4. The Bertz CT molecular complexity index is 532. The predicted molar refractivity (Wildman–Crippen MR) is 70.2 cm³/mol. The summed E-state index contributed by atoms with van der Waals surface area (Å²) in [5, 5.41) is 4.08. The molecule has 0 bridgehead atoms. The van der Waals surface area contributed by atoms with E-state index in [2.05, 4.69) is 5.32 Å². The van der Waals surface area contributed by atoms with Crippen molar-refractivity contribution < 1.29 is 31.9 Å². The molecule has 0 atom stereocenters. The Kier molecular flexibility index (Phi) is 5.45. The van der Waals surface area contributed by atoms with Gasteiger partial charge in [-0.1, -0.05) is 0 Å². The summed E-state index contributed by atoms with van der Waals surface area (Å²) in [7, 11) is 0. The monoisotopic (exact) mass is 322 g/mol. The minimum atomic E-state index is -4.50. The Labute approximate surface area is 125 Å². The first-order chi connectivity index (χ1) is 9.96. The van der Waals surface area contributed by atoms with Gasteiger partial charge in [-0.3, -0.25) is 4.79 Å². The van der Waals surface area contributed by atoms with E-state index in [9.17, 15) is 22.8 Å². The maximum atomic E-state index is 12.0. The van der Waals surface area contributed by atoms with E-state index in [1.165, 1.54) is 12.1 Å². The molecule has 0 unspecified atom stereocenters. The Morgan fingerprint density at radius 1 is 1.18 bits per heavy atom. The number of carbonyl (C=O) groups excluding carboxylic acids is 2. The number of furan rings is 1. The van der Waals surface area contributed by atoms with Crippen LogP contribution >= 0.6 is 0 Å². The van der Waals surface area contributed by atoms with Crippen LogP contribution in [0, 0.1) is 0 Å². The molecule has 0 saturated heterocycles. The summed E-state index contributed by atoms with van der Waals surface area (Å²) in [6.07, 6.45) is -5.17. The van der Waals surface area contributed by atoms with Gasteiger partial charge in [0.05, 0.1) is 6.54 Å². The third kappa shape index (κ3) is 7.00. The number of alkyl carbamates (subject to hydrolysis) is 1. The van der Waals surface area contributed by atoms with E-state index >= 15 is 0 Å². The molecule has 0 aliphatic carbocycles. The highest BCUT2D eigenvalue weighted by molar-refractivity contribution is 5.91. The van der Waals surface area contributed by atoms with Crippen LogP contribution in [0.2, 0.25) is 0 Å². The zero-order chi connectivity index (χ0) is 17.0. The molecule has 0 aliphatic heterocycles. The Balaban J connectivity index is 2.47. The number of rotatable bonds is 4. The second-order valence-corrected chi connectivity index (χ2v) is 5.42. The molecule has 0 radical (unpaired) electrons. The summed E-state index contributed by atoms with van der Waals surface area (Å²) >= 11 is 0. The number of nitrogens with one attached hydrogen (secondary N) is 2. The lowest BCUT2D eigenvalue weighted by molar-refractivity contribution is -0.123. The highest BCUT2D eigenvalue weighted by Crippen LogP contribution is 2.14. The SMILES string of the molecule is CC(C)(C)OC(=O)NCc1ccc(C(=O)NCC(F)(F)F)o1. The van der Waals surface area contributed by atoms with E-state index in [4.69, 9.17) is 9.15 Å². The van der Waals surface area contributed by atoms with Crippen molar-refractivity contribution in [2.75, 3.05) is 6.54 Å².